The summed E-state index contributed by atoms with van der Waals surface area (Å²) in [6.45, 7) is 22.1. The third-order valence-corrected chi connectivity index (χ3v) is 15.9. The van der Waals surface area contributed by atoms with Gasteiger partial charge in [0.15, 0.2) is 34.7 Å². The van der Waals surface area contributed by atoms with Crippen molar-refractivity contribution in [2.45, 2.75) is 293 Å². The second-order valence-electron chi connectivity index (χ2n) is 24.5. The van der Waals surface area contributed by atoms with Gasteiger partial charge in [-0.3, -0.25) is 0 Å². The molecule has 3 unspecified atom stereocenters. The number of aromatic nitrogens is 6. The molecule has 0 saturated carbocycles. The van der Waals surface area contributed by atoms with Crippen molar-refractivity contribution in [3.8, 4) is 68.7 Å². The van der Waals surface area contributed by atoms with Crippen molar-refractivity contribution in [3.05, 3.63) is 110 Å². The van der Waals surface area contributed by atoms with Crippen molar-refractivity contribution in [1.29, 1.82) is 0 Å². The van der Waals surface area contributed by atoms with Crippen LogP contribution in [0.25, 0.3) is 34.2 Å². The monoisotopic (exact) mass is 1240 g/mol. The fourth-order valence-corrected chi connectivity index (χ4v) is 10.3. The smallest absolute Gasteiger partial charge is 0.159 e. The van der Waals surface area contributed by atoms with Gasteiger partial charge in [-0.05, 0) is 151 Å². The summed E-state index contributed by atoms with van der Waals surface area (Å²) in [7, 11) is 0. The largest absolute Gasteiger partial charge is 0.491 e. The highest BCUT2D eigenvalue weighted by Crippen LogP contribution is 2.26. The first kappa shape index (κ1) is 76.2. The summed E-state index contributed by atoms with van der Waals surface area (Å²) in [6, 6.07) is 24.1. The summed E-state index contributed by atoms with van der Waals surface area (Å²) in [6.07, 6.45) is 52.6. The summed E-state index contributed by atoms with van der Waals surface area (Å²) < 4.78 is 35.4. The van der Waals surface area contributed by atoms with Crippen LogP contribution in [-0.2, 0) is 0 Å². The van der Waals surface area contributed by atoms with Crippen LogP contribution in [0.15, 0.2) is 110 Å². The zero-order valence-electron chi connectivity index (χ0n) is 57.7. The van der Waals surface area contributed by atoms with Gasteiger partial charge in [0, 0.05) is 16.7 Å². The zero-order chi connectivity index (χ0) is 64.3. The molecule has 12 nitrogen and oxygen atoms in total. The van der Waals surface area contributed by atoms with Gasteiger partial charge in [0.2, 0.25) is 0 Å². The van der Waals surface area contributed by atoms with Crippen LogP contribution in [0.5, 0.6) is 34.5 Å². The summed E-state index contributed by atoms with van der Waals surface area (Å²) in [5.74, 6) is 7.06. The number of unbranched alkanes of at least 4 members (excludes halogenated alkanes) is 24. The Morgan fingerprint density at radius 3 is 0.667 bits per heavy atom. The molecule has 0 aliphatic rings. The molecule has 6 rings (SSSR count). The average Bonchev–Trinajstić information content (AvgIpc) is 3.28. The van der Waals surface area contributed by atoms with Crippen LogP contribution in [0.1, 0.15) is 274 Å². The predicted molar refractivity (Wildman–Crippen MR) is 376 cm³/mol. The van der Waals surface area contributed by atoms with E-state index in [0.29, 0.717) is 17.5 Å². The molecular weight excluding hydrogens is 1120 g/mol. The van der Waals surface area contributed by atoms with E-state index in [9.17, 15) is 0 Å². The normalized spacial score (nSPS) is 12.0. The lowest BCUT2D eigenvalue weighted by atomic mass is 10.1. The Bertz CT molecular complexity index is 2590. The number of rotatable bonds is 48. The molecule has 12 heteroatoms. The second-order valence-corrected chi connectivity index (χ2v) is 24.5. The standard InChI is InChI=1S/C27H42N2O2.C26H40N2O2.C25H38N2O2/c1-4-6-8-10-11-12-14-20-30-26-21-28-27(29-22-26)24-16-18-25(19-17-24)31-23(3)15-13-9-7-5-2;1-4-6-8-10-11-13-19-29-25-20-27-26(28-21-25)23-15-17-24(18-16-23)30-22(3)14-12-9-7-5-2;1-4-6-8-10-12-18-28-24-19-26-25(27-20-24)22-14-16-23(17-15-22)29-21(3)13-11-9-7-5-2/h16-19,21-23H,4-15,20H2,1-3H3;15-18,20-22H,4-14,19H2,1-3H3;14-17,19-21H,4-13,18H2,1-3H3. The Kier molecular flexibility index (Phi) is 42.6. The Morgan fingerprint density at radius 1 is 0.244 bits per heavy atom. The average molecular weight is 1240 g/mol. The number of benzene rings is 3. The van der Waals surface area contributed by atoms with Gasteiger partial charge >= 0.3 is 0 Å². The van der Waals surface area contributed by atoms with E-state index in [1.54, 1.807) is 37.2 Å². The molecular formula is C78H120N6O6. The minimum atomic E-state index is 0.242. The van der Waals surface area contributed by atoms with E-state index in [4.69, 9.17) is 28.4 Å². The highest BCUT2D eigenvalue weighted by molar-refractivity contribution is 5.58. The molecule has 0 aliphatic heterocycles. The molecule has 0 radical (unpaired) electrons. The molecule has 0 spiro atoms. The maximum atomic E-state index is 6.04. The molecule has 0 bridgehead atoms. The number of ether oxygens (including phenoxy) is 6. The highest BCUT2D eigenvalue weighted by Gasteiger charge is 2.11. The lowest BCUT2D eigenvalue weighted by Crippen LogP contribution is -2.11. The fraction of sp³-hybridized carbons (Fsp3) is 0.615. The van der Waals surface area contributed by atoms with E-state index in [2.05, 4.69) is 92.2 Å². The SMILES string of the molecule is CCCCCCCCCOc1cnc(-c2ccc(OC(C)CCCCCC)cc2)nc1.CCCCCCCCOc1cnc(-c2ccc(OC(C)CCCCCC)cc2)nc1.CCCCCCCOc1cnc(-c2ccc(OC(C)CCCCCC)cc2)nc1. The molecule has 0 aliphatic carbocycles. The molecule has 0 N–H and O–H groups in total. The Balaban J connectivity index is 0.000000288. The minimum absolute atomic E-state index is 0.242. The molecule has 3 aromatic heterocycles. The molecule has 6 aromatic rings. The number of hydrogen-bond acceptors (Lipinski definition) is 12. The molecule has 3 aromatic carbocycles. The minimum Gasteiger partial charge on any atom is -0.491 e. The quantitative estimate of drug-likeness (QED) is 0.0337. The van der Waals surface area contributed by atoms with Crippen molar-refractivity contribution in [3.63, 3.8) is 0 Å². The lowest BCUT2D eigenvalue weighted by molar-refractivity contribution is 0.206. The van der Waals surface area contributed by atoms with Gasteiger partial charge < -0.3 is 28.4 Å². The van der Waals surface area contributed by atoms with Crippen molar-refractivity contribution in [2.75, 3.05) is 19.8 Å². The highest BCUT2D eigenvalue weighted by atomic mass is 16.5. The van der Waals surface area contributed by atoms with Gasteiger partial charge in [0.25, 0.3) is 0 Å². The Morgan fingerprint density at radius 2 is 0.444 bits per heavy atom. The molecule has 0 amide bonds. The molecule has 90 heavy (non-hydrogen) atoms. The van der Waals surface area contributed by atoms with Crippen molar-refractivity contribution in [1.82, 2.24) is 29.9 Å². The van der Waals surface area contributed by atoms with Gasteiger partial charge in [0.05, 0.1) is 75.3 Å². The number of hydrogen-bond donors (Lipinski definition) is 0. The van der Waals surface area contributed by atoms with Gasteiger partial charge in [-0.2, -0.15) is 0 Å². The lowest BCUT2D eigenvalue weighted by Gasteiger charge is -2.14. The third kappa shape index (κ3) is 35.3. The zero-order valence-corrected chi connectivity index (χ0v) is 57.7. The summed E-state index contributed by atoms with van der Waals surface area (Å²) >= 11 is 0. The van der Waals surface area contributed by atoms with E-state index in [-0.39, 0.29) is 18.3 Å². The third-order valence-electron chi connectivity index (χ3n) is 15.9. The first-order valence-electron chi connectivity index (χ1n) is 35.8. The maximum absolute atomic E-state index is 6.04. The van der Waals surface area contributed by atoms with Gasteiger partial charge in [0.1, 0.15) is 17.2 Å². The summed E-state index contributed by atoms with van der Waals surface area (Å²) in [5.41, 5.74) is 2.96. The first-order chi connectivity index (χ1) is 44.2. The van der Waals surface area contributed by atoms with Crippen molar-refractivity contribution >= 4 is 0 Å². The van der Waals surface area contributed by atoms with E-state index in [1.165, 1.54) is 173 Å². The Labute approximate surface area is 546 Å². The van der Waals surface area contributed by atoms with Crippen molar-refractivity contribution < 1.29 is 28.4 Å². The van der Waals surface area contributed by atoms with Crippen LogP contribution in [0.4, 0.5) is 0 Å². The van der Waals surface area contributed by atoms with E-state index >= 15 is 0 Å². The maximum Gasteiger partial charge on any atom is 0.159 e. The van der Waals surface area contributed by atoms with Crippen LogP contribution in [0.2, 0.25) is 0 Å². The summed E-state index contributed by atoms with van der Waals surface area (Å²) in [4.78, 5) is 26.8. The van der Waals surface area contributed by atoms with Crippen LogP contribution in [0.3, 0.4) is 0 Å². The second kappa shape index (κ2) is 50.4. The predicted octanol–water partition coefficient (Wildman–Crippen LogP) is 22.9. The van der Waals surface area contributed by atoms with Crippen LogP contribution in [0, 0.1) is 0 Å². The molecule has 0 saturated heterocycles. The van der Waals surface area contributed by atoms with E-state index in [1.807, 2.05) is 72.8 Å². The molecule has 0 fully saturated rings. The van der Waals surface area contributed by atoms with Gasteiger partial charge in [-0.25, -0.2) is 29.9 Å². The van der Waals surface area contributed by atoms with Gasteiger partial charge in [-0.1, -0.05) is 196 Å². The van der Waals surface area contributed by atoms with E-state index in [0.717, 1.165) is 110 Å². The fourth-order valence-electron chi connectivity index (χ4n) is 10.3. The molecule has 498 valence electrons. The topological polar surface area (TPSA) is 133 Å². The summed E-state index contributed by atoms with van der Waals surface area (Å²) in [5, 5.41) is 0. The van der Waals surface area contributed by atoms with Crippen LogP contribution in [-0.4, -0.2) is 68.0 Å². The van der Waals surface area contributed by atoms with Gasteiger partial charge in [-0.15, -0.1) is 0 Å². The number of nitrogens with zero attached hydrogens (tertiary/aromatic N) is 6. The van der Waals surface area contributed by atoms with E-state index < -0.39 is 0 Å². The molecule has 3 atom stereocenters. The van der Waals surface area contributed by atoms with Crippen molar-refractivity contribution in [2.24, 2.45) is 0 Å². The Hall–Kier alpha value is -6.30. The van der Waals surface area contributed by atoms with Crippen LogP contribution >= 0.6 is 0 Å². The first-order valence-corrected chi connectivity index (χ1v) is 35.8. The van der Waals surface area contributed by atoms with Crippen LogP contribution < -0.4 is 28.4 Å². The molecule has 3 heterocycles.